The van der Waals surface area contributed by atoms with Gasteiger partial charge in [-0.1, -0.05) is 22.9 Å². The van der Waals surface area contributed by atoms with E-state index in [2.05, 4.69) is 28.2 Å². The molecular formula is C20H30BrN3O4S. The van der Waals surface area contributed by atoms with Gasteiger partial charge < -0.3 is 10.1 Å². The lowest BCUT2D eigenvalue weighted by Gasteiger charge is -2.37. The van der Waals surface area contributed by atoms with Crippen LogP contribution in [-0.4, -0.2) is 56.2 Å². The van der Waals surface area contributed by atoms with Crippen molar-refractivity contribution in [2.24, 2.45) is 11.8 Å². The Balaban J connectivity index is 1.60. The number of rotatable bonds is 6. The fourth-order valence-electron chi connectivity index (χ4n) is 3.96. The maximum atomic E-state index is 13.0. The normalized spacial score (nSPS) is 22.4. The first kappa shape index (κ1) is 22.5. The minimum absolute atomic E-state index is 0.112. The third-order valence-corrected chi connectivity index (χ3v) is 8.34. The molecule has 3 rings (SSSR count). The molecule has 7 nitrogen and oxygen atoms in total. The molecule has 1 atom stereocenters. The van der Waals surface area contributed by atoms with E-state index < -0.39 is 10.2 Å². The van der Waals surface area contributed by atoms with Crippen molar-refractivity contribution >= 4 is 32.0 Å². The summed E-state index contributed by atoms with van der Waals surface area (Å²) in [4.78, 5) is 12.7. The molecule has 2 aliphatic heterocycles. The van der Waals surface area contributed by atoms with E-state index in [1.165, 1.54) is 4.31 Å². The lowest BCUT2D eigenvalue weighted by atomic mass is 9.98. The highest BCUT2D eigenvalue weighted by atomic mass is 79.9. The number of hydrogen-bond donors (Lipinski definition) is 1. The molecule has 162 valence electrons. The number of halogens is 1. The zero-order valence-electron chi connectivity index (χ0n) is 17.1. The van der Waals surface area contributed by atoms with E-state index in [0.717, 1.165) is 22.9 Å². The van der Waals surface area contributed by atoms with Crippen molar-refractivity contribution in [1.29, 1.82) is 0 Å². The molecule has 2 fully saturated rings. The van der Waals surface area contributed by atoms with E-state index >= 15 is 0 Å². The van der Waals surface area contributed by atoms with Gasteiger partial charge in [0.2, 0.25) is 5.91 Å². The molecule has 29 heavy (non-hydrogen) atoms. The molecular weight excluding hydrogens is 458 g/mol. The lowest BCUT2D eigenvalue weighted by molar-refractivity contribution is -0.126. The van der Waals surface area contributed by atoms with Crippen molar-refractivity contribution in [2.75, 3.05) is 33.3 Å². The summed E-state index contributed by atoms with van der Waals surface area (Å²) in [5.74, 6) is 0.830. The first-order valence-electron chi connectivity index (χ1n) is 10.2. The Morgan fingerprint density at radius 1 is 1.21 bits per heavy atom. The van der Waals surface area contributed by atoms with Crippen LogP contribution in [-0.2, 0) is 21.5 Å². The highest BCUT2D eigenvalue weighted by Gasteiger charge is 2.36. The molecule has 1 aromatic rings. The van der Waals surface area contributed by atoms with Crippen LogP contribution in [0.4, 0.5) is 0 Å². The topological polar surface area (TPSA) is 79.0 Å². The van der Waals surface area contributed by atoms with Gasteiger partial charge in [0.1, 0.15) is 5.75 Å². The third-order valence-electron chi connectivity index (χ3n) is 5.85. The van der Waals surface area contributed by atoms with Crippen molar-refractivity contribution < 1.29 is 17.9 Å². The van der Waals surface area contributed by atoms with E-state index in [9.17, 15) is 13.2 Å². The second-order valence-electron chi connectivity index (χ2n) is 7.96. The maximum absolute atomic E-state index is 13.0. The standard InChI is InChI=1S/C20H30BrN3O4S/c1-15-7-10-23(11-8-15)29(26,27)24-9-3-4-16(14-24)20(25)22-13-17-12-18(21)5-6-19(17)28-2/h5-6,12,15-16H,3-4,7-11,13-14H2,1-2H3,(H,22,25)/t16-/m0/s1. The fraction of sp³-hybridized carbons (Fsp3) is 0.650. The van der Waals surface area contributed by atoms with Gasteiger partial charge in [-0.05, 0) is 49.8 Å². The SMILES string of the molecule is COc1ccc(Br)cc1CNC(=O)[C@H]1CCCN(S(=O)(=O)N2CCC(C)CC2)C1. The van der Waals surface area contributed by atoms with Crippen molar-refractivity contribution in [1.82, 2.24) is 13.9 Å². The Morgan fingerprint density at radius 2 is 1.93 bits per heavy atom. The Morgan fingerprint density at radius 3 is 2.62 bits per heavy atom. The van der Waals surface area contributed by atoms with Crippen LogP contribution in [0.3, 0.4) is 0 Å². The largest absolute Gasteiger partial charge is 0.496 e. The summed E-state index contributed by atoms with van der Waals surface area (Å²) in [5.41, 5.74) is 0.873. The van der Waals surface area contributed by atoms with Crippen molar-refractivity contribution in [3.05, 3.63) is 28.2 Å². The van der Waals surface area contributed by atoms with E-state index in [-0.39, 0.29) is 18.4 Å². The number of piperidine rings is 2. The van der Waals surface area contributed by atoms with Crippen LogP contribution in [0.2, 0.25) is 0 Å². The number of methoxy groups -OCH3 is 1. The number of carbonyl (C=O) groups excluding carboxylic acids is 1. The predicted molar refractivity (Wildman–Crippen MR) is 116 cm³/mol. The summed E-state index contributed by atoms with van der Waals surface area (Å²) in [5, 5.41) is 2.95. The second kappa shape index (κ2) is 9.76. The first-order valence-corrected chi connectivity index (χ1v) is 12.4. The number of nitrogens with zero attached hydrogens (tertiary/aromatic N) is 2. The molecule has 2 saturated heterocycles. The summed E-state index contributed by atoms with van der Waals surface area (Å²) in [7, 11) is -1.90. The van der Waals surface area contributed by atoms with Crippen molar-refractivity contribution in [3.63, 3.8) is 0 Å². The van der Waals surface area contributed by atoms with E-state index in [1.54, 1.807) is 11.4 Å². The lowest BCUT2D eigenvalue weighted by Crippen LogP contribution is -2.52. The van der Waals surface area contributed by atoms with E-state index in [4.69, 9.17) is 4.74 Å². The van der Waals surface area contributed by atoms with E-state index in [1.807, 2.05) is 18.2 Å². The average molecular weight is 488 g/mol. The van der Waals surface area contributed by atoms with Gasteiger partial charge >= 0.3 is 0 Å². The number of nitrogens with one attached hydrogen (secondary N) is 1. The second-order valence-corrected chi connectivity index (χ2v) is 10.8. The smallest absolute Gasteiger partial charge is 0.281 e. The highest BCUT2D eigenvalue weighted by molar-refractivity contribution is 9.10. The van der Waals surface area contributed by atoms with Crippen LogP contribution in [0.5, 0.6) is 5.75 Å². The van der Waals surface area contributed by atoms with Gasteiger partial charge in [-0.15, -0.1) is 0 Å². The summed E-state index contributed by atoms with van der Waals surface area (Å²) in [6, 6.07) is 5.64. The molecule has 2 heterocycles. The number of hydrogen-bond acceptors (Lipinski definition) is 4. The number of amides is 1. The van der Waals surface area contributed by atoms with Gasteiger partial charge in [-0.25, -0.2) is 0 Å². The number of benzene rings is 1. The van der Waals surface area contributed by atoms with Gasteiger partial charge in [0.15, 0.2) is 0 Å². The molecule has 2 aliphatic rings. The summed E-state index contributed by atoms with van der Waals surface area (Å²) in [6.45, 7) is 4.37. The van der Waals surface area contributed by atoms with Crippen LogP contribution in [0.25, 0.3) is 0 Å². The number of carbonyl (C=O) groups is 1. The predicted octanol–water partition coefficient (Wildman–Crippen LogP) is 2.76. The highest BCUT2D eigenvalue weighted by Crippen LogP contribution is 2.26. The molecule has 0 radical (unpaired) electrons. The first-order chi connectivity index (χ1) is 13.8. The van der Waals surface area contributed by atoms with Crippen molar-refractivity contribution in [3.8, 4) is 5.75 Å². The van der Waals surface area contributed by atoms with Crippen LogP contribution >= 0.6 is 15.9 Å². The summed E-state index contributed by atoms with van der Waals surface area (Å²) in [6.07, 6.45) is 3.18. The summed E-state index contributed by atoms with van der Waals surface area (Å²) < 4.78 is 35.4. The molecule has 0 aromatic heterocycles. The minimum atomic E-state index is -3.50. The Hall–Kier alpha value is -1.16. The maximum Gasteiger partial charge on any atom is 0.281 e. The van der Waals surface area contributed by atoms with Gasteiger partial charge in [0.25, 0.3) is 10.2 Å². The molecule has 0 aliphatic carbocycles. The van der Waals surface area contributed by atoms with Gasteiger partial charge in [-0.2, -0.15) is 17.0 Å². The molecule has 0 spiro atoms. The van der Waals surface area contributed by atoms with Crippen LogP contribution in [0.1, 0.15) is 38.2 Å². The number of ether oxygens (including phenoxy) is 1. The van der Waals surface area contributed by atoms with Gasteiger partial charge in [-0.3, -0.25) is 4.79 Å². The van der Waals surface area contributed by atoms with E-state index in [0.29, 0.717) is 50.7 Å². The quantitative estimate of drug-likeness (QED) is 0.668. The molecule has 1 aromatic carbocycles. The molecule has 1 amide bonds. The third kappa shape index (κ3) is 5.51. The average Bonchev–Trinajstić information content (AvgIpc) is 2.72. The minimum Gasteiger partial charge on any atom is -0.496 e. The molecule has 0 saturated carbocycles. The molecule has 9 heteroatoms. The Bertz CT molecular complexity index is 825. The zero-order valence-corrected chi connectivity index (χ0v) is 19.5. The van der Waals surface area contributed by atoms with Gasteiger partial charge in [0, 0.05) is 42.8 Å². The van der Waals surface area contributed by atoms with Crippen LogP contribution < -0.4 is 10.1 Å². The molecule has 1 N–H and O–H groups in total. The monoisotopic (exact) mass is 487 g/mol. The van der Waals surface area contributed by atoms with Crippen LogP contribution in [0.15, 0.2) is 22.7 Å². The fourth-order valence-corrected chi connectivity index (χ4v) is 6.09. The molecule has 0 unspecified atom stereocenters. The summed E-state index contributed by atoms with van der Waals surface area (Å²) >= 11 is 3.43. The van der Waals surface area contributed by atoms with Crippen molar-refractivity contribution in [2.45, 2.75) is 39.2 Å². The Kier molecular flexibility index (Phi) is 7.58. The zero-order chi connectivity index (χ0) is 21.0. The molecule has 0 bridgehead atoms. The van der Waals surface area contributed by atoms with Crippen LogP contribution in [0, 0.1) is 11.8 Å². The Labute approximate surface area is 182 Å². The van der Waals surface area contributed by atoms with Gasteiger partial charge in [0.05, 0.1) is 13.0 Å².